The molecule has 0 spiro atoms. The highest BCUT2D eigenvalue weighted by molar-refractivity contribution is 8.00. The number of rotatable bonds is 10. The molecule has 2 aliphatic rings. The van der Waals surface area contributed by atoms with Gasteiger partial charge in [0.1, 0.15) is 18.0 Å². The minimum Gasteiger partial charge on any atom is -0.477 e. The average Bonchev–Trinajstić information content (AvgIpc) is 3.00. The lowest BCUT2D eigenvalue weighted by Crippen LogP contribution is -2.71. The summed E-state index contributed by atoms with van der Waals surface area (Å²) in [4.78, 5) is 52.1. The first-order valence-electron chi connectivity index (χ1n) is 12.8. The topological polar surface area (TPSA) is 134 Å². The van der Waals surface area contributed by atoms with Gasteiger partial charge in [-0.15, -0.1) is 11.8 Å². The SMILES string of the molecule is O=C(NC1=C(C(=O)O)N2C(=O)C(NC(=O)C(OCc3ccccc3)c3ccccc3)[C@H]2SC1)OCc1ccccc1. The summed E-state index contributed by atoms with van der Waals surface area (Å²) in [5.41, 5.74) is 1.97. The van der Waals surface area contributed by atoms with Crippen molar-refractivity contribution < 1.29 is 33.8 Å². The van der Waals surface area contributed by atoms with E-state index in [0.717, 1.165) is 16.0 Å². The Morgan fingerprint density at radius 2 is 1.49 bits per heavy atom. The smallest absolute Gasteiger partial charge is 0.411 e. The van der Waals surface area contributed by atoms with Crippen LogP contribution in [0.1, 0.15) is 22.8 Å². The second kappa shape index (κ2) is 12.7. The van der Waals surface area contributed by atoms with Gasteiger partial charge in [-0.2, -0.15) is 0 Å². The number of carboxylic acid groups (broad SMARTS) is 1. The Hall–Kier alpha value is -4.61. The lowest BCUT2D eigenvalue weighted by molar-refractivity contribution is -0.152. The number of β-lactam (4-membered cyclic amide) rings is 1. The van der Waals surface area contributed by atoms with Crippen LogP contribution in [0.5, 0.6) is 0 Å². The molecule has 3 N–H and O–H groups in total. The normalized spacial score (nSPS) is 18.5. The lowest BCUT2D eigenvalue weighted by Gasteiger charge is -2.49. The summed E-state index contributed by atoms with van der Waals surface area (Å²) in [7, 11) is 0. The van der Waals surface area contributed by atoms with Gasteiger partial charge in [0.2, 0.25) is 0 Å². The standard InChI is InChI=1S/C30H27N3O7S/c34-26(25(21-14-8-3-9-15-21)39-16-19-10-4-1-5-11-19)32-23-27(35)33-24(29(36)37)22(18-41-28(23)33)31-30(38)40-17-20-12-6-2-7-13-20/h1-15,23,25,28H,16-18H2,(H,31,38)(H,32,34)(H,36,37)/t23?,25?,28-/m1/s1. The van der Waals surface area contributed by atoms with Gasteiger partial charge in [0.15, 0.2) is 11.8 Å². The summed E-state index contributed by atoms with van der Waals surface area (Å²) in [6.07, 6.45) is -1.82. The maximum absolute atomic E-state index is 13.4. The lowest BCUT2D eigenvalue weighted by atomic mass is 10.0. The number of carbonyl (C=O) groups excluding carboxylic acids is 3. The van der Waals surface area contributed by atoms with Crippen LogP contribution in [0, 0.1) is 0 Å². The molecule has 10 nitrogen and oxygen atoms in total. The van der Waals surface area contributed by atoms with Gasteiger partial charge in [-0.3, -0.25) is 19.8 Å². The fourth-order valence-electron chi connectivity index (χ4n) is 4.53. The highest BCUT2D eigenvalue weighted by atomic mass is 32.2. The van der Waals surface area contributed by atoms with E-state index in [0.29, 0.717) is 5.56 Å². The number of benzene rings is 3. The van der Waals surface area contributed by atoms with Crippen molar-refractivity contribution in [3.63, 3.8) is 0 Å². The van der Waals surface area contributed by atoms with Gasteiger partial charge in [-0.05, 0) is 16.7 Å². The first-order valence-corrected chi connectivity index (χ1v) is 13.9. The van der Waals surface area contributed by atoms with Crippen molar-refractivity contribution >= 4 is 35.6 Å². The molecule has 2 heterocycles. The van der Waals surface area contributed by atoms with Crippen LogP contribution in [0.15, 0.2) is 102 Å². The maximum atomic E-state index is 13.4. The Labute approximate surface area is 240 Å². The molecular formula is C30H27N3O7S. The number of carbonyl (C=O) groups is 4. The third-order valence-corrected chi connectivity index (χ3v) is 7.81. The minimum atomic E-state index is -1.37. The molecule has 2 aliphatic heterocycles. The average molecular weight is 574 g/mol. The molecule has 1 saturated heterocycles. The Kier molecular flexibility index (Phi) is 8.66. The number of alkyl carbamates (subject to hydrolysis) is 1. The minimum absolute atomic E-state index is 0.00377. The molecule has 0 aliphatic carbocycles. The van der Waals surface area contributed by atoms with Gasteiger partial charge >= 0.3 is 12.1 Å². The fraction of sp³-hybridized carbons (Fsp3) is 0.200. The van der Waals surface area contributed by atoms with E-state index in [4.69, 9.17) is 9.47 Å². The van der Waals surface area contributed by atoms with E-state index in [-0.39, 0.29) is 30.4 Å². The number of ether oxygens (including phenoxy) is 2. The van der Waals surface area contributed by atoms with Gasteiger partial charge in [-0.25, -0.2) is 9.59 Å². The number of aliphatic carboxylic acids is 1. The van der Waals surface area contributed by atoms with Crippen LogP contribution in [0.25, 0.3) is 0 Å². The summed E-state index contributed by atoms with van der Waals surface area (Å²) in [6.45, 7) is 0.182. The molecule has 11 heteroatoms. The van der Waals surface area contributed by atoms with Gasteiger partial charge in [-0.1, -0.05) is 91.0 Å². The summed E-state index contributed by atoms with van der Waals surface area (Å²) < 4.78 is 11.2. The molecule has 3 aromatic carbocycles. The van der Waals surface area contributed by atoms with Gasteiger partial charge in [0.25, 0.3) is 11.8 Å². The van der Waals surface area contributed by atoms with Crippen LogP contribution < -0.4 is 10.6 Å². The monoisotopic (exact) mass is 573 g/mol. The summed E-state index contributed by atoms with van der Waals surface area (Å²) in [6, 6.07) is 26.4. The number of hydrogen-bond acceptors (Lipinski definition) is 7. The van der Waals surface area contributed by atoms with E-state index in [1.165, 1.54) is 11.8 Å². The number of hydrogen-bond donors (Lipinski definition) is 3. The molecule has 3 atom stereocenters. The van der Waals surface area contributed by atoms with Crippen molar-refractivity contribution in [2.45, 2.75) is 30.7 Å². The third-order valence-electron chi connectivity index (χ3n) is 6.53. The highest BCUT2D eigenvalue weighted by Crippen LogP contribution is 2.40. The van der Waals surface area contributed by atoms with Crippen molar-refractivity contribution in [2.75, 3.05) is 5.75 Å². The third kappa shape index (κ3) is 6.42. The van der Waals surface area contributed by atoms with Crippen molar-refractivity contribution in [2.24, 2.45) is 0 Å². The van der Waals surface area contributed by atoms with E-state index in [1.807, 2.05) is 54.6 Å². The molecule has 41 heavy (non-hydrogen) atoms. The maximum Gasteiger partial charge on any atom is 0.411 e. The molecule has 0 saturated carbocycles. The number of thioether (sulfide) groups is 1. The molecule has 3 amide bonds. The number of nitrogens with zero attached hydrogens (tertiary/aromatic N) is 1. The quantitative estimate of drug-likeness (QED) is 0.314. The number of nitrogens with one attached hydrogen (secondary N) is 2. The van der Waals surface area contributed by atoms with Crippen molar-refractivity contribution in [1.82, 2.24) is 15.5 Å². The second-order valence-electron chi connectivity index (χ2n) is 9.30. The van der Waals surface area contributed by atoms with Crippen LogP contribution in [0.3, 0.4) is 0 Å². The zero-order valence-corrected chi connectivity index (χ0v) is 22.6. The Bertz CT molecular complexity index is 1450. The zero-order valence-electron chi connectivity index (χ0n) is 21.8. The van der Waals surface area contributed by atoms with E-state index < -0.39 is 41.4 Å². The first-order chi connectivity index (χ1) is 19.9. The number of fused-ring (bicyclic) bond motifs is 1. The first kappa shape index (κ1) is 27.9. The van der Waals surface area contributed by atoms with Crippen LogP contribution in [0.4, 0.5) is 4.79 Å². The predicted molar refractivity (Wildman–Crippen MR) is 150 cm³/mol. The van der Waals surface area contributed by atoms with E-state index in [9.17, 15) is 24.3 Å². The Morgan fingerprint density at radius 3 is 2.10 bits per heavy atom. The van der Waals surface area contributed by atoms with E-state index >= 15 is 0 Å². The fourth-order valence-corrected chi connectivity index (χ4v) is 5.81. The van der Waals surface area contributed by atoms with Crippen LogP contribution in [-0.2, 0) is 37.1 Å². The van der Waals surface area contributed by atoms with Crippen LogP contribution in [0.2, 0.25) is 0 Å². The number of carboxylic acids is 1. The van der Waals surface area contributed by atoms with Crippen LogP contribution in [-0.4, -0.2) is 51.1 Å². The molecule has 3 aromatic rings. The molecule has 2 unspecified atom stereocenters. The molecule has 0 radical (unpaired) electrons. The summed E-state index contributed by atoms with van der Waals surface area (Å²) >= 11 is 1.23. The van der Waals surface area contributed by atoms with Gasteiger partial charge < -0.3 is 19.9 Å². The number of amides is 3. The second-order valence-corrected chi connectivity index (χ2v) is 10.4. The molecule has 0 bridgehead atoms. The largest absolute Gasteiger partial charge is 0.477 e. The Balaban J connectivity index is 1.26. The van der Waals surface area contributed by atoms with Gasteiger partial charge in [0.05, 0.1) is 12.3 Å². The molecule has 0 aromatic heterocycles. The Morgan fingerprint density at radius 1 is 0.902 bits per heavy atom. The zero-order chi connectivity index (χ0) is 28.8. The van der Waals surface area contributed by atoms with E-state index in [2.05, 4.69) is 10.6 Å². The molecule has 210 valence electrons. The van der Waals surface area contributed by atoms with Crippen molar-refractivity contribution in [1.29, 1.82) is 0 Å². The molecular weight excluding hydrogens is 546 g/mol. The summed E-state index contributed by atoms with van der Waals surface area (Å²) in [5.74, 6) is -2.39. The van der Waals surface area contributed by atoms with Crippen molar-refractivity contribution in [3.8, 4) is 0 Å². The highest BCUT2D eigenvalue weighted by Gasteiger charge is 2.55. The van der Waals surface area contributed by atoms with Crippen LogP contribution >= 0.6 is 11.8 Å². The predicted octanol–water partition coefficient (Wildman–Crippen LogP) is 3.57. The summed E-state index contributed by atoms with van der Waals surface area (Å²) in [5, 5.41) is 14.5. The molecule has 5 rings (SSSR count). The van der Waals surface area contributed by atoms with Gasteiger partial charge in [0, 0.05) is 5.75 Å². The van der Waals surface area contributed by atoms with E-state index in [1.54, 1.807) is 36.4 Å². The molecule has 1 fully saturated rings. The van der Waals surface area contributed by atoms with Crippen molar-refractivity contribution in [3.05, 3.63) is 119 Å².